The molecule has 39 heavy (non-hydrogen) atoms. The molecule has 1 aromatic heterocycles. The van der Waals surface area contributed by atoms with E-state index >= 15 is 0 Å². The van der Waals surface area contributed by atoms with Gasteiger partial charge in [-0.15, -0.1) is 0 Å². The predicted octanol–water partition coefficient (Wildman–Crippen LogP) is 3.27. The normalized spacial score (nSPS) is 14.9. The number of nitrogens with zero attached hydrogens (tertiary/aromatic N) is 2. The summed E-state index contributed by atoms with van der Waals surface area (Å²) >= 11 is 0. The molecule has 3 aromatic carbocycles. The second kappa shape index (κ2) is 10.7. The minimum absolute atomic E-state index is 0.0143. The molecule has 0 atom stereocenters. The van der Waals surface area contributed by atoms with Gasteiger partial charge in [-0.05, 0) is 42.5 Å². The van der Waals surface area contributed by atoms with E-state index in [-0.39, 0.29) is 12.7 Å². The van der Waals surface area contributed by atoms with E-state index in [0.717, 1.165) is 47.7 Å². The fourth-order valence-corrected chi connectivity index (χ4v) is 5.17. The summed E-state index contributed by atoms with van der Waals surface area (Å²) in [6, 6.07) is 21.2. The Kier molecular flexibility index (Phi) is 6.81. The Morgan fingerprint density at radius 2 is 1.79 bits per heavy atom. The van der Waals surface area contributed by atoms with Crippen molar-refractivity contribution >= 4 is 28.3 Å². The third kappa shape index (κ3) is 5.13. The van der Waals surface area contributed by atoms with E-state index in [4.69, 9.17) is 23.9 Å². The fraction of sp³-hybridized carbons (Fsp3) is 0.267. The molecule has 0 unspecified atom stereocenters. The Balaban J connectivity index is 1.19. The number of hydrogen-bond donors (Lipinski definition) is 2. The zero-order valence-electron chi connectivity index (χ0n) is 22.0. The molecule has 0 radical (unpaired) electrons. The van der Waals surface area contributed by atoms with E-state index in [2.05, 4.69) is 17.4 Å². The lowest BCUT2D eigenvalue weighted by Crippen LogP contribution is -3.13. The molecule has 3 heterocycles. The Hall–Kier alpha value is -4.50. The third-order valence-corrected chi connectivity index (χ3v) is 7.27. The van der Waals surface area contributed by atoms with Gasteiger partial charge in [0.1, 0.15) is 23.9 Å². The van der Waals surface area contributed by atoms with Crippen molar-refractivity contribution in [2.24, 2.45) is 0 Å². The molecular weight excluding hydrogens is 496 g/mol. The number of pyridine rings is 1. The summed E-state index contributed by atoms with van der Waals surface area (Å²) in [5.74, 6) is 3.52. The van der Waals surface area contributed by atoms with Gasteiger partial charge in [-0.2, -0.15) is 0 Å². The molecule has 0 bridgehead atoms. The van der Waals surface area contributed by atoms with Crippen LogP contribution in [0.3, 0.4) is 0 Å². The van der Waals surface area contributed by atoms with Crippen molar-refractivity contribution in [3.63, 3.8) is 0 Å². The van der Waals surface area contributed by atoms with Crippen LogP contribution in [0.1, 0.15) is 15.9 Å². The molecule has 2 aliphatic heterocycles. The summed E-state index contributed by atoms with van der Waals surface area (Å²) in [6.07, 6.45) is 0. The number of rotatable bonds is 7. The van der Waals surface area contributed by atoms with Crippen molar-refractivity contribution in [1.29, 1.82) is 0 Å². The Labute approximate surface area is 226 Å². The minimum Gasteiger partial charge on any atom is -0.497 e. The lowest BCUT2D eigenvalue weighted by molar-refractivity contribution is -0.917. The summed E-state index contributed by atoms with van der Waals surface area (Å²) in [4.78, 5) is 22.0. The van der Waals surface area contributed by atoms with E-state index in [1.807, 2.05) is 53.4 Å². The maximum absolute atomic E-state index is 13.8. The average Bonchev–Trinajstić information content (AvgIpc) is 3.45. The molecule has 1 saturated heterocycles. The van der Waals surface area contributed by atoms with Gasteiger partial charge in [0.05, 0.1) is 57.2 Å². The largest absolute Gasteiger partial charge is 0.497 e. The van der Waals surface area contributed by atoms with Crippen molar-refractivity contribution in [3.8, 4) is 23.0 Å². The summed E-state index contributed by atoms with van der Waals surface area (Å²) in [5.41, 5.74) is 3.33. The molecule has 9 heteroatoms. The molecule has 0 aliphatic carbocycles. The highest BCUT2D eigenvalue weighted by Crippen LogP contribution is 2.33. The number of quaternary nitrogens is 1. The topological polar surface area (TPSA) is 86.6 Å². The molecule has 1 fully saturated rings. The highest BCUT2D eigenvalue weighted by Gasteiger charge is 2.27. The quantitative estimate of drug-likeness (QED) is 0.382. The van der Waals surface area contributed by atoms with Crippen LogP contribution in [0.25, 0.3) is 10.9 Å². The van der Waals surface area contributed by atoms with Crippen molar-refractivity contribution in [2.75, 3.05) is 52.5 Å². The predicted molar refractivity (Wildman–Crippen MR) is 147 cm³/mol. The molecule has 200 valence electrons. The molecule has 6 rings (SSSR count). The minimum atomic E-state index is 0.0143. The van der Waals surface area contributed by atoms with Crippen LogP contribution >= 0.6 is 0 Å². The number of piperazine rings is 1. The number of methoxy groups -OCH3 is 2. The maximum Gasteiger partial charge on any atom is 0.255 e. The highest BCUT2D eigenvalue weighted by molar-refractivity contribution is 6.07. The molecule has 0 spiro atoms. The van der Waals surface area contributed by atoms with E-state index in [1.165, 1.54) is 10.5 Å². The van der Waals surface area contributed by atoms with Gasteiger partial charge in [-0.1, -0.05) is 18.2 Å². The number of para-hydroxylation sites is 1. The van der Waals surface area contributed by atoms with Crippen LogP contribution in [0.15, 0.2) is 66.7 Å². The number of anilines is 2. The van der Waals surface area contributed by atoms with Crippen LogP contribution in [-0.4, -0.2) is 63.0 Å². The number of benzene rings is 3. The molecular formula is C30H31N4O5+. The monoisotopic (exact) mass is 527 g/mol. The number of amides is 1. The van der Waals surface area contributed by atoms with Crippen molar-refractivity contribution in [2.45, 2.75) is 6.54 Å². The summed E-state index contributed by atoms with van der Waals surface area (Å²) in [5, 5.41) is 4.17. The first-order chi connectivity index (χ1) is 19.1. The number of nitrogens with one attached hydrogen (secondary N) is 2. The van der Waals surface area contributed by atoms with Crippen LogP contribution in [0.2, 0.25) is 0 Å². The summed E-state index contributed by atoms with van der Waals surface area (Å²) in [7, 11) is 3.22. The van der Waals surface area contributed by atoms with Crippen molar-refractivity contribution in [1.82, 2.24) is 9.88 Å². The molecule has 4 aromatic rings. The second-order valence-corrected chi connectivity index (χ2v) is 9.67. The van der Waals surface area contributed by atoms with Gasteiger partial charge < -0.3 is 34.1 Å². The SMILES string of the molecule is COc1ccc(Nc2cc(C(=O)N3CC[NH+](Cc4ccc5c(c4)OCO5)CC3)c3ccccc3n2)c(OC)c1. The van der Waals surface area contributed by atoms with Gasteiger partial charge in [0.25, 0.3) is 5.91 Å². The third-order valence-electron chi connectivity index (χ3n) is 7.27. The van der Waals surface area contributed by atoms with Gasteiger partial charge in [0.15, 0.2) is 11.5 Å². The van der Waals surface area contributed by atoms with E-state index in [1.54, 1.807) is 20.3 Å². The summed E-state index contributed by atoms with van der Waals surface area (Å²) in [6.45, 7) is 4.28. The second-order valence-electron chi connectivity index (χ2n) is 9.67. The number of hydrogen-bond acceptors (Lipinski definition) is 7. The molecule has 1 amide bonds. The van der Waals surface area contributed by atoms with Crippen LogP contribution in [-0.2, 0) is 6.54 Å². The van der Waals surface area contributed by atoms with E-state index < -0.39 is 0 Å². The van der Waals surface area contributed by atoms with Crippen LogP contribution in [0.5, 0.6) is 23.0 Å². The zero-order valence-corrected chi connectivity index (χ0v) is 22.0. The number of carbonyl (C=O) groups excluding carboxylic acids is 1. The van der Waals surface area contributed by atoms with Crippen LogP contribution in [0.4, 0.5) is 11.5 Å². The standard InChI is InChI=1S/C30H30N4O5/c1-36-21-8-9-25(27(16-21)37-2)32-29-17-23(22-5-3-4-6-24(22)31-29)30(35)34-13-11-33(12-14-34)18-20-7-10-26-28(15-20)39-19-38-26/h3-10,15-17H,11-14,18-19H2,1-2H3,(H,31,32)/p+1. The first-order valence-electron chi connectivity index (χ1n) is 13.0. The Bertz CT molecular complexity index is 1520. The van der Waals surface area contributed by atoms with E-state index in [0.29, 0.717) is 36.0 Å². The first-order valence-corrected chi connectivity index (χ1v) is 13.0. The highest BCUT2D eigenvalue weighted by atomic mass is 16.7. The lowest BCUT2D eigenvalue weighted by Gasteiger charge is -2.32. The van der Waals surface area contributed by atoms with Crippen molar-refractivity contribution in [3.05, 3.63) is 77.9 Å². The van der Waals surface area contributed by atoms with Gasteiger partial charge >= 0.3 is 0 Å². The van der Waals surface area contributed by atoms with Crippen LogP contribution < -0.4 is 29.2 Å². The molecule has 9 nitrogen and oxygen atoms in total. The number of carbonyl (C=O) groups is 1. The maximum atomic E-state index is 13.8. The number of ether oxygens (including phenoxy) is 4. The molecule has 2 aliphatic rings. The Morgan fingerprint density at radius 1 is 0.974 bits per heavy atom. The van der Waals surface area contributed by atoms with Gasteiger partial charge in [-0.3, -0.25) is 4.79 Å². The molecule has 2 N–H and O–H groups in total. The average molecular weight is 528 g/mol. The van der Waals surface area contributed by atoms with Gasteiger partial charge in [0, 0.05) is 17.0 Å². The zero-order chi connectivity index (χ0) is 26.8. The molecule has 0 saturated carbocycles. The van der Waals surface area contributed by atoms with Gasteiger partial charge in [-0.25, -0.2) is 4.98 Å². The van der Waals surface area contributed by atoms with Crippen LogP contribution in [0, 0.1) is 0 Å². The van der Waals surface area contributed by atoms with Crippen molar-refractivity contribution < 1.29 is 28.6 Å². The van der Waals surface area contributed by atoms with Gasteiger partial charge in [0.2, 0.25) is 6.79 Å². The number of fused-ring (bicyclic) bond motifs is 2. The van der Waals surface area contributed by atoms with E-state index in [9.17, 15) is 4.79 Å². The lowest BCUT2D eigenvalue weighted by atomic mass is 10.1. The number of aromatic nitrogens is 1. The smallest absolute Gasteiger partial charge is 0.255 e. The summed E-state index contributed by atoms with van der Waals surface area (Å²) < 4.78 is 21.8. The Morgan fingerprint density at radius 3 is 2.62 bits per heavy atom. The fourth-order valence-electron chi connectivity index (χ4n) is 5.17. The first kappa shape index (κ1) is 24.8.